The summed E-state index contributed by atoms with van der Waals surface area (Å²) in [7, 11) is 3.11. The Kier molecular flexibility index (Phi) is 7.83. The molecule has 25 heavy (non-hydrogen) atoms. The molecular weight excluding hydrogens is 332 g/mol. The smallest absolute Gasteiger partial charge is 0.329 e. The molecule has 1 aliphatic heterocycles. The molecule has 1 heterocycles. The van der Waals surface area contributed by atoms with Crippen LogP contribution in [0, 0.1) is 0 Å². The standard InChI is InChI=1S/C15H24N4O6/c1-10(20)16-8-14(23)19-6-4-5-11(19)15(24)25-9-12(21)17-7-13(22)18(2)3/h11H,4-9H2,1-3H3,(H,16,20)(H,17,21)/t11-/m0/s1. The Hall–Kier alpha value is -2.65. The molecular formula is C15H24N4O6. The number of rotatable bonds is 7. The summed E-state index contributed by atoms with van der Waals surface area (Å²) in [5.74, 6) is -2.28. The minimum Gasteiger partial charge on any atom is -0.454 e. The molecule has 10 nitrogen and oxygen atoms in total. The number of amides is 4. The van der Waals surface area contributed by atoms with Gasteiger partial charge < -0.3 is 25.2 Å². The maximum absolute atomic E-state index is 12.1. The third-order valence-electron chi connectivity index (χ3n) is 3.61. The zero-order valence-corrected chi connectivity index (χ0v) is 14.7. The minimum atomic E-state index is -0.766. The average Bonchev–Trinajstić information content (AvgIpc) is 3.04. The second kappa shape index (κ2) is 9.60. The monoisotopic (exact) mass is 356 g/mol. The van der Waals surface area contributed by atoms with Gasteiger partial charge in [0.05, 0.1) is 13.1 Å². The van der Waals surface area contributed by atoms with Crippen LogP contribution >= 0.6 is 0 Å². The predicted molar refractivity (Wildman–Crippen MR) is 86.1 cm³/mol. The molecule has 0 aliphatic carbocycles. The lowest BCUT2D eigenvalue weighted by Crippen LogP contribution is -2.46. The van der Waals surface area contributed by atoms with E-state index in [9.17, 15) is 24.0 Å². The van der Waals surface area contributed by atoms with Crippen molar-refractivity contribution in [3.05, 3.63) is 0 Å². The number of likely N-dealkylation sites (tertiary alicyclic amines) is 1. The van der Waals surface area contributed by atoms with Gasteiger partial charge in [-0.05, 0) is 12.8 Å². The second-order valence-corrected chi connectivity index (χ2v) is 5.83. The molecule has 0 unspecified atom stereocenters. The first-order chi connectivity index (χ1) is 11.7. The molecule has 0 saturated carbocycles. The molecule has 0 spiro atoms. The number of hydrogen-bond donors (Lipinski definition) is 2. The van der Waals surface area contributed by atoms with Crippen molar-refractivity contribution in [3.8, 4) is 0 Å². The van der Waals surface area contributed by atoms with Gasteiger partial charge in [-0.1, -0.05) is 0 Å². The Morgan fingerprint density at radius 1 is 1.12 bits per heavy atom. The number of esters is 1. The molecule has 2 N–H and O–H groups in total. The first-order valence-corrected chi connectivity index (χ1v) is 7.89. The molecule has 0 aromatic heterocycles. The van der Waals surface area contributed by atoms with Crippen LogP contribution in [0.4, 0.5) is 0 Å². The minimum absolute atomic E-state index is 0.186. The van der Waals surface area contributed by atoms with E-state index in [1.54, 1.807) is 14.1 Å². The zero-order valence-electron chi connectivity index (χ0n) is 14.7. The summed E-state index contributed by atoms with van der Waals surface area (Å²) in [5, 5.41) is 4.73. The molecule has 140 valence electrons. The van der Waals surface area contributed by atoms with Gasteiger partial charge in [0.15, 0.2) is 6.61 Å². The summed E-state index contributed by atoms with van der Waals surface area (Å²) in [4.78, 5) is 60.6. The van der Waals surface area contributed by atoms with Crippen LogP contribution in [0.15, 0.2) is 0 Å². The molecule has 4 amide bonds. The summed E-state index contributed by atoms with van der Waals surface area (Å²) in [6, 6.07) is -0.766. The Balaban J connectivity index is 2.42. The fraction of sp³-hybridized carbons (Fsp3) is 0.667. The first-order valence-electron chi connectivity index (χ1n) is 7.89. The van der Waals surface area contributed by atoms with Gasteiger partial charge in [-0.15, -0.1) is 0 Å². The van der Waals surface area contributed by atoms with Crippen molar-refractivity contribution < 1.29 is 28.7 Å². The van der Waals surface area contributed by atoms with Gasteiger partial charge in [0.2, 0.25) is 17.7 Å². The van der Waals surface area contributed by atoms with Crippen molar-refractivity contribution in [1.29, 1.82) is 0 Å². The molecule has 1 saturated heterocycles. The van der Waals surface area contributed by atoms with Gasteiger partial charge in [0.1, 0.15) is 6.04 Å². The first kappa shape index (κ1) is 20.4. The Labute approximate surface area is 145 Å². The van der Waals surface area contributed by atoms with Crippen LogP contribution in [0.1, 0.15) is 19.8 Å². The predicted octanol–water partition coefficient (Wildman–Crippen LogP) is -2.14. The van der Waals surface area contributed by atoms with Crippen molar-refractivity contribution in [2.24, 2.45) is 0 Å². The number of nitrogens with one attached hydrogen (secondary N) is 2. The molecule has 1 aliphatic rings. The van der Waals surface area contributed by atoms with E-state index in [-0.39, 0.29) is 30.8 Å². The number of ether oxygens (including phenoxy) is 1. The number of carbonyl (C=O) groups is 5. The summed E-state index contributed by atoms with van der Waals surface area (Å²) in [6.07, 6.45) is 1.07. The quantitative estimate of drug-likeness (QED) is 0.502. The van der Waals surface area contributed by atoms with Gasteiger partial charge in [-0.2, -0.15) is 0 Å². The molecule has 0 aromatic carbocycles. The van der Waals surface area contributed by atoms with Crippen molar-refractivity contribution in [1.82, 2.24) is 20.4 Å². The molecule has 0 radical (unpaired) electrons. The maximum Gasteiger partial charge on any atom is 0.329 e. The highest BCUT2D eigenvalue weighted by Crippen LogP contribution is 2.18. The lowest BCUT2D eigenvalue weighted by Gasteiger charge is -2.23. The number of nitrogens with zero attached hydrogens (tertiary/aromatic N) is 2. The Morgan fingerprint density at radius 2 is 1.80 bits per heavy atom. The summed E-state index contributed by atoms with van der Waals surface area (Å²) in [6.45, 7) is 0.786. The lowest BCUT2D eigenvalue weighted by atomic mass is 10.2. The highest BCUT2D eigenvalue weighted by molar-refractivity contribution is 5.90. The van der Waals surface area contributed by atoms with Gasteiger partial charge in [0, 0.05) is 27.6 Å². The van der Waals surface area contributed by atoms with E-state index in [2.05, 4.69) is 10.6 Å². The van der Waals surface area contributed by atoms with Crippen molar-refractivity contribution in [3.63, 3.8) is 0 Å². The van der Waals surface area contributed by atoms with Crippen LogP contribution in [0.25, 0.3) is 0 Å². The molecule has 10 heteroatoms. The number of hydrogen-bond acceptors (Lipinski definition) is 6. The van der Waals surface area contributed by atoms with Crippen LogP contribution in [0.3, 0.4) is 0 Å². The zero-order chi connectivity index (χ0) is 19.0. The van der Waals surface area contributed by atoms with Crippen LogP contribution in [0.5, 0.6) is 0 Å². The van der Waals surface area contributed by atoms with E-state index in [1.807, 2.05) is 0 Å². The Bertz CT molecular complexity index is 548. The third kappa shape index (κ3) is 6.77. The van der Waals surface area contributed by atoms with Crippen molar-refractivity contribution in [2.45, 2.75) is 25.8 Å². The molecule has 1 fully saturated rings. The van der Waals surface area contributed by atoms with E-state index in [4.69, 9.17) is 4.74 Å². The van der Waals surface area contributed by atoms with E-state index in [0.29, 0.717) is 19.4 Å². The summed E-state index contributed by atoms with van der Waals surface area (Å²) >= 11 is 0. The fourth-order valence-electron chi connectivity index (χ4n) is 2.23. The average molecular weight is 356 g/mol. The number of carbonyl (C=O) groups excluding carboxylic acids is 5. The second-order valence-electron chi connectivity index (χ2n) is 5.83. The van der Waals surface area contributed by atoms with Crippen LogP contribution in [0.2, 0.25) is 0 Å². The molecule has 0 aromatic rings. The van der Waals surface area contributed by atoms with Gasteiger partial charge >= 0.3 is 5.97 Å². The number of likely N-dealkylation sites (N-methyl/N-ethyl adjacent to an activating group) is 1. The van der Waals surface area contributed by atoms with E-state index < -0.39 is 24.5 Å². The molecule has 1 atom stereocenters. The van der Waals surface area contributed by atoms with Crippen molar-refractivity contribution in [2.75, 3.05) is 40.3 Å². The normalized spacial score (nSPS) is 16.1. The highest BCUT2D eigenvalue weighted by atomic mass is 16.5. The molecule has 0 bridgehead atoms. The van der Waals surface area contributed by atoms with E-state index in [1.165, 1.54) is 16.7 Å². The van der Waals surface area contributed by atoms with Crippen LogP contribution in [-0.2, 0) is 28.7 Å². The van der Waals surface area contributed by atoms with Gasteiger partial charge in [0.25, 0.3) is 5.91 Å². The highest BCUT2D eigenvalue weighted by Gasteiger charge is 2.35. The van der Waals surface area contributed by atoms with E-state index in [0.717, 1.165) is 0 Å². The molecule has 1 rings (SSSR count). The van der Waals surface area contributed by atoms with E-state index >= 15 is 0 Å². The maximum atomic E-state index is 12.1. The summed E-state index contributed by atoms with van der Waals surface area (Å²) < 4.78 is 4.93. The van der Waals surface area contributed by atoms with Crippen LogP contribution in [-0.4, -0.2) is 85.8 Å². The van der Waals surface area contributed by atoms with Gasteiger partial charge in [-0.25, -0.2) is 4.79 Å². The summed E-state index contributed by atoms with van der Waals surface area (Å²) in [5.41, 5.74) is 0. The largest absolute Gasteiger partial charge is 0.454 e. The van der Waals surface area contributed by atoms with Gasteiger partial charge in [-0.3, -0.25) is 19.2 Å². The third-order valence-corrected chi connectivity index (χ3v) is 3.61. The van der Waals surface area contributed by atoms with Crippen molar-refractivity contribution >= 4 is 29.6 Å². The topological polar surface area (TPSA) is 125 Å². The SMILES string of the molecule is CC(=O)NCC(=O)N1CCC[C@H]1C(=O)OCC(=O)NCC(=O)N(C)C. The lowest BCUT2D eigenvalue weighted by molar-refractivity contribution is -0.156. The van der Waals surface area contributed by atoms with Crippen LogP contribution < -0.4 is 10.6 Å². The Morgan fingerprint density at radius 3 is 2.40 bits per heavy atom. The fourth-order valence-corrected chi connectivity index (χ4v) is 2.23.